The van der Waals surface area contributed by atoms with E-state index >= 15 is 0 Å². The Kier molecular flexibility index (Phi) is 1.91. The van der Waals surface area contributed by atoms with E-state index in [-0.39, 0.29) is 6.10 Å². The molecule has 1 aliphatic rings. The summed E-state index contributed by atoms with van der Waals surface area (Å²) in [5, 5.41) is 3.74. The lowest BCUT2D eigenvalue weighted by Gasteiger charge is -2.00. The molecule has 1 unspecified atom stereocenters. The summed E-state index contributed by atoms with van der Waals surface area (Å²) in [5.41, 5.74) is 0. The van der Waals surface area contributed by atoms with E-state index in [1.807, 2.05) is 0 Å². The summed E-state index contributed by atoms with van der Waals surface area (Å²) in [6.07, 6.45) is 2.12. The third-order valence-corrected chi connectivity index (χ3v) is 1.96. The Hall–Kier alpha value is -0.420. The third kappa shape index (κ3) is 1.44. The van der Waals surface area contributed by atoms with Crippen molar-refractivity contribution in [2.75, 3.05) is 6.61 Å². The van der Waals surface area contributed by atoms with Gasteiger partial charge < -0.3 is 9.26 Å². The van der Waals surface area contributed by atoms with Crippen LogP contribution in [0.3, 0.4) is 0 Å². The van der Waals surface area contributed by atoms with Crippen LogP contribution in [0, 0.1) is 0 Å². The van der Waals surface area contributed by atoms with Gasteiger partial charge in [0.15, 0.2) is 0 Å². The van der Waals surface area contributed by atoms with Crippen molar-refractivity contribution < 1.29 is 9.26 Å². The molecule has 2 rings (SSSR count). The van der Waals surface area contributed by atoms with Gasteiger partial charge in [0, 0.05) is 22.5 Å². The maximum atomic E-state index is 5.35. The third-order valence-electron chi connectivity index (χ3n) is 1.63. The summed E-state index contributed by atoms with van der Waals surface area (Å²) in [6, 6.07) is 0. The zero-order chi connectivity index (χ0) is 7.68. The van der Waals surface area contributed by atoms with E-state index in [1.165, 1.54) is 0 Å². The Labute approximate surface area is 72.1 Å². The minimum Gasteiger partial charge on any atom is -0.370 e. The molecule has 4 nitrogen and oxygen atoms in total. The number of hydrogen-bond acceptors (Lipinski definition) is 4. The number of nitrogens with zero attached hydrogens (tertiary/aromatic N) is 2. The smallest absolute Gasteiger partial charge is 0.293 e. The number of hydrogen-bond donors (Lipinski definition) is 0. The molecular weight excluding hydrogens is 212 g/mol. The molecule has 1 aliphatic heterocycles. The fourth-order valence-corrected chi connectivity index (χ4v) is 1.38. The molecule has 2 heterocycles. The number of aromatic nitrogens is 2. The van der Waals surface area contributed by atoms with E-state index in [9.17, 15) is 0 Å². The summed E-state index contributed by atoms with van der Waals surface area (Å²) in [5.74, 6) is 0.648. The second kappa shape index (κ2) is 2.91. The number of ether oxygens (including phenoxy) is 1. The molecule has 0 saturated carbocycles. The lowest BCUT2D eigenvalue weighted by Crippen LogP contribution is -1.97. The largest absolute Gasteiger partial charge is 0.370 e. The monoisotopic (exact) mass is 218 g/mol. The minimum absolute atomic E-state index is 0.0463. The van der Waals surface area contributed by atoms with Crippen LogP contribution >= 0.6 is 15.9 Å². The summed E-state index contributed by atoms with van der Waals surface area (Å²) >= 11 is 3.08. The first-order valence-corrected chi connectivity index (χ1v) is 4.26. The molecule has 0 N–H and O–H groups in total. The lowest BCUT2D eigenvalue weighted by molar-refractivity contribution is 0.103. The molecule has 0 aliphatic carbocycles. The van der Waals surface area contributed by atoms with Crippen molar-refractivity contribution >= 4 is 15.9 Å². The standard InChI is InChI=1S/C6H7BrN2O2/c7-6-8-5(9-11-6)4-2-1-3-10-4/h4H,1-3H2. The molecule has 1 fully saturated rings. The summed E-state index contributed by atoms with van der Waals surface area (Å²) in [7, 11) is 0. The van der Waals surface area contributed by atoms with Gasteiger partial charge in [-0.05, 0) is 12.8 Å². The zero-order valence-corrected chi connectivity index (χ0v) is 7.37. The van der Waals surface area contributed by atoms with Crippen LogP contribution in [0.5, 0.6) is 0 Å². The molecule has 60 valence electrons. The lowest BCUT2D eigenvalue weighted by atomic mass is 10.2. The van der Waals surface area contributed by atoms with Crippen molar-refractivity contribution in [2.24, 2.45) is 0 Å². The molecule has 1 aromatic heterocycles. The van der Waals surface area contributed by atoms with E-state index in [2.05, 4.69) is 26.1 Å². The summed E-state index contributed by atoms with van der Waals surface area (Å²) in [6.45, 7) is 0.802. The van der Waals surface area contributed by atoms with Crippen molar-refractivity contribution in [1.29, 1.82) is 0 Å². The van der Waals surface area contributed by atoms with Crippen LogP contribution in [0.2, 0.25) is 0 Å². The van der Waals surface area contributed by atoms with E-state index in [1.54, 1.807) is 0 Å². The van der Waals surface area contributed by atoms with Crippen LogP contribution in [0.25, 0.3) is 0 Å². The van der Waals surface area contributed by atoms with Gasteiger partial charge in [-0.1, -0.05) is 5.16 Å². The van der Waals surface area contributed by atoms with Crippen molar-refractivity contribution in [3.8, 4) is 0 Å². The maximum Gasteiger partial charge on any atom is 0.293 e. The highest BCUT2D eigenvalue weighted by Crippen LogP contribution is 2.26. The molecule has 0 bridgehead atoms. The number of halogens is 1. The molecule has 0 amide bonds. The SMILES string of the molecule is Brc1nc(C2CCCO2)no1. The predicted molar refractivity (Wildman–Crippen MR) is 39.9 cm³/mol. The minimum atomic E-state index is 0.0463. The van der Waals surface area contributed by atoms with Gasteiger partial charge in [-0.2, -0.15) is 4.98 Å². The average molecular weight is 219 g/mol. The van der Waals surface area contributed by atoms with E-state index in [0.29, 0.717) is 10.6 Å². The van der Waals surface area contributed by atoms with E-state index in [4.69, 9.17) is 9.26 Å². The molecule has 1 aromatic rings. The van der Waals surface area contributed by atoms with Crippen LogP contribution in [0.4, 0.5) is 0 Å². The van der Waals surface area contributed by atoms with Gasteiger partial charge in [0.05, 0.1) is 0 Å². The van der Waals surface area contributed by atoms with Gasteiger partial charge in [0.25, 0.3) is 4.80 Å². The van der Waals surface area contributed by atoms with Crippen molar-refractivity contribution in [1.82, 2.24) is 10.1 Å². The fourth-order valence-electron chi connectivity index (χ4n) is 1.13. The Balaban J connectivity index is 2.15. The summed E-state index contributed by atoms with van der Waals surface area (Å²) < 4.78 is 10.1. The second-order valence-corrected chi connectivity index (χ2v) is 3.09. The zero-order valence-electron chi connectivity index (χ0n) is 5.79. The van der Waals surface area contributed by atoms with Gasteiger partial charge in [-0.3, -0.25) is 0 Å². The molecule has 11 heavy (non-hydrogen) atoms. The van der Waals surface area contributed by atoms with E-state index < -0.39 is 0 Å². The highest BCUT2D eigenvalue weighted by molar-refractivity contribution is 9.10. The van der Waals surface area contributed by atoms with Crippen molar-refractivity contribution in [3.63, 3.8) is 0 Å². The van der Waals surface area contributed by atoms with E-state index in [0.717, 1.165) is 19.4 Å². The first-order valence-electron chi connectivity index (χ1n) is 3.47. The molecule has 0 spiro atoms. The van der Waals surface area contributed by atoms with Gasteiger partial charge >= 0.3 is 0 Å². The van der Waals surface area contributed by atoms with Gasteiger partial charge in [0.1, 0.15) is 6.10 Å². The molecule has 0 radical (unpaired) electrons. The van der Waals surface area contributed by atoms with Crippen LogP contribution in [-0.2, 0) is 4.74 Å². The first-order chi connectivity index (χ1) is 5.36. The molecule has 5 heteroatoms. The Morgan fingerprint density at radius 1 is 1.55 bits per heavy atom. The highest BCUT2D eigenvalue weighted by atomic mass is 79.9. The molecule has 0 aromatic carbocycles. The number of rotatable bonds is 1. The van der Waals surface area contributed by atoms with Crippen LogP contribution in [0.15, 0.2) is 9.32 Å². The van der Waals surface area contributed by atoms with Crippen molar-refractivity contribution in [3.05, 3.63) is 10.6 Å². The Morgan fingerprint density at radius 2 is 2.45 bits per heavy atom. The highest BCUT2D eigenvalue weighted by Gasteiger charge is 2.22. The van der Waals surface area contributed by atoms with Gasteiger partial charge in [0.2, 0.25) is 5.82 Å². The molecular formula is C6H7BrN2O2. The maximum absolute atomic E-state index is 5.35. The van der Waals surface area contributed by atoms with Crippen LogP contribution < -0.4 is 0 Å². The topological polar surface area (TPSA) is 48.2 Å². The van der Waals surface area contributed by atoms with Crippen molar-refractivity contribution in [2.45, 2.75) is 18.9 Å². The van der Waals surface area contributed by atoms with Gasteiger partial charge in [-0.15, -0.1) is 0 Å². The molecule has 1 atom stereocenters. The van der Waals surface area contributed by atoms with Crippen LogP contribution in [-0.4, -0.2) is 16.7 Å². The van der Waals surface area contributed by atoms with Gasteiger partial charge in [-0.25, -0.2) is 0 Å². The molecule has 1 saturated heterocycles. The second-order valence-electron chi connectivity index (χ2n) is 2.41. The predicted octanol–water partition coefficient (Wildman–Crippen LogP) is 1.68. The normalized spacial score (nSPS) is 24.3. The summed E-state index contributed by atoms with van der Waals surface area (Å²) in [4.78, 5) is 4.43. The quantitative estimate of drug-likeness (QED) is 0.720. The fraction of sp³-hybridized carbons (Fsp3) is 0.667. The average Bonchev–Trinajstić information content (AvgIpc) is 2.55. The Bertz CT molecular complexity index is 244. The first kappa shape index (κ1) is 7.24. The van der Waals surface area contributed by atoms with Crippen LogP contribution in [0.1, 0.15) is 24.8 Å². The Morgan fingerprint density at radius 3 is 3.00 bits per heavy atom.